The first-order valence-corrected chi connectivity index (χ1v) is 8.15. The van der Waals surface area contributed by atoms with Crippen LogP contribution < -0.4 is 16.2 Å². The van der Waals surface area contributed by atoms with Crippen molar-refractivity contribution < 1.29 is 14.3 Å². The lowest BCUT2D eigenvalue weighted by Gasteiger charge is -2.29. The molecule has 0 bridgehead atoms. The van der Waals surface area contributed by atoms with E-state index >= 15 is 0 Å². The molecule has 2 amide bonds. The second-order valence-electron chi connectivity index (χ2n) is 6.66. The lowest BCUT2D eigenvalue weighted by Crippen LogP contribution is -2.45. The molecule has 132 valence electrons. The van der Waals surface area contributed by atoms with E-state index in [9.17, 15) is 9.59 Å². The Bertz CT molecular complexity index is 724. The number of amides is 2. The number of primary amides is 2. The van der Waals surface area contributed by atoms with Crippen LogP contribution in [0.1, 0.15) is 25.0 Å². The average molecular weight is 340 g/mol. The molecule has 0 radical (unpaired) electrons. The number of carbonyl (C=O) groups excluding carboxylic acids is 2. The summed E-state index contributed by atoms with van der Waals surface area (Å²) in [6.07, 6.45) is 0.351. The molecule has 5 heteroatoms. The Morgan fingerprint density at radius 1 is 0.960 bits per heavy atom. The largest absolute Gasteiger partial charge is 0.489 e. The van der Waals surface area contributed by atoms with Gasteiger partial charge in [-0.05, 0) is 29.7 Å². The number of benzene rings is 2. The van der Waals surface area contributed by atoms with E-state index in [4.69, 9.17) is 16.2 Å². The Labute approximate surface area is 148 Å². The summed E-state index contributed by atoms with van der Waals surface area (Å²) in [5, 5.41) is 0. The lowest BCUT2D eigenvalue weighted by molar-refractivity contribution is -0.136. The first-order valence-electron chi connectivity index (χ1n) is 8.15. The monoisotopic (exact) mass is 340 g/mol. The summed E-state index contributed by atoms with van der Waals surface area (Å²) >= 11 is 0. The number of hydrogen-bond donors (Lipinski definition) is 2. The van der Waals surface area contributed by atoms with E-state index in [2.05, 4.69) is 0 Å². The molecule has 1 atom stereocenters. The highest BCUT2D eigenvalue weighted by Gasteiger charge is 2.38. The predicted octanol–water partition coefficient (Wildman–Crippen LogP) is 2.42. The molecule has 2 aromatic rings. The molecule has 0 aliphatic carbocycles. The fourth-order valence-corrected chi connectivity index (χ4v) is 2.58. The minimum Gasteiger partial charge on any atom is -0.489 e. The summed E-state index contributed by atoms with van der Waals surface area (Å²) in [5.41, 5.74) is 11.9. The highest BCUT2D eigenvalue weighted by molar-refractivity contribution is 5.88. The van der Waals surface area contributed by atoms with Crippen molar-refractivity contribution in [3.8, 4) is 5.75 Å². The minimum atomic E-state index is -1.01. The van der Waals surface area contributed by atoms with Gasteiger partial charge in [0.05, 0.1) is 11.3 Å². The lowest BCUT2D eigenvalue weighted by atomic mass is 9.74. The van der Waals surface area contributed by atoms with Crippen LogP contribution in [0.5, 0.6) is 5.75 Å². The van der Waals surface area contributed by atoms with E-state index in [0.717, 1.165) is 16.9 Å². The first kappa shape index (κ1) is 18.5. The van der Waals surface area contributed by atoms with E-state index in [1.165, 1.54) is 0 Å². The van der Waals surface area contributed by atoms with Crippen molar-refractivity contribution in [3.63, 3.8) is 0 Å². The zero-order valence-corrected chi connectivity index (χ0v) is 14.6. The van der Waals surface area contributed by atoms with Crippen LogP contribution in [0, 0.1) is 11.3 Å². The molecule has 1 unspecified atom stereocenters. The molecule has 0 spiro atoms. The van der Waals surface area contributed by atoms with E-state index in [1.54, 1.807) is 13.8 Å². The van der Waals surface area contributed by atoms with Crippen LogP contribution in [-0.4, -0.2) is 11.8 Å². The summed E-state index contributed by atoms with van der Waals surface area (Å²) in [6.45, 7) is 3.77. The third-order valence-corrected chi connectivity index (χ3v) is 4.46. The number of rotatable bonds is 8. The number of nitrogens with two attached hydrogens (primary N) is 2. The SMILES string of the molecule is CC(C)(C(N)=O)C(Cc1ccc(OCc2ccccc2)cc1)C(N)=O. The standard InChI is InChI=1S/C20H24N2O3/c1-20(2,19(22)24)17(18(21)23)12-14-8-10-16(11-9-14)25-13-15-6-4-3-5-7-15/h3-11,17H,12-13H2,1-2H3,(H2,21,23)(H2,22,24). The topological polar surface area (TPSA) is 95.4 Å². The molecule has 0 saturated heterocycles. The van der Waals surface area contributed by atoms with Gasteiger partial charge in [0.25, 0.3) is 0 Å². The van der Waals surface area contributed by atoms with Gasteiger partial charge in [0.1, 0.15) is 12.4 Å². The first-order chi connectivity index (χ1) is 11.8. The van der Waals surface area contributed by atoms with Crippen molar-refractivity contribution in [1.29, 1.82) is 0 Å². The Kier molecular flexibility index (Phi) is 5.80. The van der Waals surface area contributed by atoms with E-state index in [-0.39, 0.29) is 0 Å². The zero-order valence-electron chi connectivity index (χ0n) is 14.6. The maximum atomic E-state index is 11.8. The maximum Gasteiger partial charge on any atom is 0.223 e. The highest BCUT2D eigenvalue weighted by Crippen LogP contribution is 2.30. The molecule has 4 N–H and O–H groups in total. The van der Waals surface area contributed by atoms with Crippen LogP contribution in [0.2, 0.25) is 0 Å². The van der Waals surface area contributed by atoms with Gasteiger partial charge in [0, 0.05) is 0 Å². The van der Waals surface area contributed by atoms with Crippen molar-refractivity contribution in [2.45, 2.75) is 26.9 Å². The van der Waals surface area contributed by atoms with Crippen molar-refractivity contribution in [2.24, 2.45) is 22.8 Å². The van der Waals surface area contributed by atoms with Gasteiger partial charge in [0.15, 0.2) is 0 Å². The number of ether oxygens (including phenoxy) is 1. The molecular formula is C20H24N2O3. The smallest absolute Gasteiger partial charge is 0.223 e. The Hall–Kier alpha value is -2.82. The van der Waals surface area contributed by atoms with Crippen LogP contribution in [0.4, 0.5) is 0 Å². The molecule has 5 nitrogen and oxygen atoms in total. The van der Waals surface area contributed by atoms with Gasteiger partial charge in [0.2, 0.25) is 11.8 Å². The third kappa shape index (κ3) is 4.83. The molecule has 2 rings (SSSR count). The Balaban J connectivity index is 2.03. The highest BCUT2D eigenvalue weighted by atomic mass is 16.5. The molecular weight excluding hydrogens is 316 g/mol. The molecule has 0 aliphatic rings. The van der Waals surface area contributed by atoms with E-state index < -0.39 is 23.1 Å². The molecule has 0 saturated carbocycles. The fraction of sp³-hybridized carbons (Fsp3) is 0.300. The number of carbonyl (C=O) groups is 2. The molecule has 0 aliphatic heterocycles. The van der Waals surface area contributed by atoms with Gasteiger partial charge in [-0.1, -0.05) is 56.3 Å². The average Bonchev–Trinajstić information content (AvgIpc) is 2.59. The van der Waals surface area contributed by atoms with Crippen LogP contribution in [-0.2, 0) is 22.6 Å². The Morgan fingerprint density at radius 2 is 1.56 bits per heavy atom. The summed E-state index contributed by atoms with van der Waals surface area (Å²) < 4.78 is 5.74. The van der Waals surface area contributed by atoms with Crippen molar-refractivity contribution >= 4 is 11.8 Å². The van der Waals surface area contributed by atoms with E-state index in [1.807, 2.05) is 54.6 Å². The number of hydrogen-bond acceptors (Lipinski definition) is 3. The second kappa shape index (κ2) is 7.83. The predicted molar refractivity (Wildman–Crippen MR) is 96.6 cm³/mol. The maximum absolute atomic E-state index is 11.8. The van der Waals surface area contributed by atoms with Crippen LogP contribution in [0.25, 0.3) is 0 Å². The van der Waals surface area contributed by atoms with Gasteiger partial charge >= 0.3 is 0 Å². The fourth-order valence-electron chi connectivity index (χ4n) is 2.58. The second-order valence-corrected chi connectivity index (χ2v) is 6.66. The third-order valence-electron chi connectivity index (χ3n) is 4.46. The summed E-state index contributed by atoms with van der Waals surface area (Å²) in [6, 6.07) is 17.3. The summed E-state index contributed by atoms with van der Waals surface area (Å²) in [7, 11) is 0. The molecule has 0 aromatic heterocycles. The van der Waals surface area contributed by atoms with Gasteiger partial charge < -0.3 is 16.2 Å². The molecule has 25 heavy (non-hydrogen) atoms. The zero-order chi connectivity index (χ0) is 18.4. The van der Waals surface area contributed by atoms with Gasteiger partial charge in [-0.3, -0.25) is 9.59 Å². The van der Waals surface area contributed by atoms with Gasteiger partial charge in [-0.2, -0.15) is 0 Å². The van der Waals surface area contributed by atoms with Crippen molar-refractivity contribution in [3.05, 3.63) is 65.7 Å². The summed E-state index contributed by atoms with van der Waals surface area (Å²) in [4.78, 5) is 23.4. The van der Waals surface area contributed by atoms with Crippen LogP contribution in [0.15, 0.2) is 54.6 Å². The summed E-state index contributed by atoms with van der Waals surface area (Å²) in [5.74, 6) is -1.01. The molecule has 0 fully saturated rings. The van der Waals surface area contributed by atoms with Gasteiger partial charge in [-0.15, -0.1) is 0 Å². The van der Waals surface area contributed by atoms with Crippen LogP contribution in [0.3, 0.4) is 0 Å². The van der Waals surface area contributed by atoms with E-state index in [0.29, 0.717) is 13.0 Å². The van der Waals surface area contributed by atoms with Gasteiger partial charge in [-0.25, -0.2) is 0 Å². The molecule has 0 heterocycles. The minimum absolute atomic E-state index is 0.351. The normalized spacial score (nSPS) is 12.4. The Morgan fingerprint density at radius 3 is 2.08 bits per heavy atom. The molecule has 2 aromatic carbocycles. The van der Waals surface area contributed by atoms with Crippen molar-refractivity contribution in [1.82, 2.24) is 0 Å². The quantitative estimate of drug-likeness (QED) is 0.772. The van der Waals surface area contributed by atoms with Crippen molar-refractivity contribution in [2.75, 3.05) is 0 Å². The van der Waals surface area contributed by atoms with Crippen LogP contribution >= 0.6 is 0 Å².